The van der Waals surface area contributed by atoms with Crippen LogP contribution in [0, 0.1) is 29.6 Å². The zero-order valence-corrected chi connectivity index (χ0v) is 10.5. The maximum absolute atomic E-state index is 11.9. The molecule has 0 amide bonds. The molecule has 1 heteroatoms. The van der Waals surface area contributed by atoms with Crippen LogP contribution in [-0.2, 0) is 4.79 Å². The number of rotatable bonds is 4. The second kappa shape index (κ2) is 4.16. The van der Waals surface area contributed by atoms with E-state index >= 15 is 0 Å². The minimum absolute atomic E-state index is 0.577. The molecule has 3 rings (SSSR count). The first-order valence-corrected chi connectivity index (χ1v) is 7.22. The molecule has 3 saturated carbocycles. The van der Waals surface area contributed by atoms with Crippen molar-refractivity contribution in [2.24, 2.45) is 29.6 Å². The lowest BCUT2D eigenvalue weighted by molar-refractivity contribution is -0.120. The van der Waals surface area contributed by atoms with Gasteiger partial charge in [-0.3, -0.25) is 4.79 Å². The summed E-state index contributed by atoms with van der Waals surface area (Å²) in [7, 11) is 0. The molecule has 3 fully saturated rings. The molecular weight excluding hydrogens is 196 g/mol. The Labute approximate surface area is 99.0 Å². The lowest BCUT2D eigenvalue weighted by Crippen LogP contribution is -2.17. The van der Waals surface area contributed by atoms with Gasteiger partial charge in [0.1, 0.15) is 5.78 Å². The molecule has 3 aliphatic carbocycles. The van der Waals surface area contributed by atoms with Gasteiger partial charge in [-0.2, -0.15) is 0 Å². The average molecular weight is 220 g/mol. The summed E-state index contributed by atoms with van der Waals surface area (Å²) in [6.07, 6.45) is 10.1. The van der Waals surface area contributed by atoms with Gasteiger partial charge in [-0.25, -0.2) is 0 Å². The summed E-state index contributed by atoms with van der Waals surface area (Å²) in [6, 6.07) is 0. The molecule has 0 saturated heterocycles. The van der Waals surface area contributed by atoms with Gasteiger partial charge in [0.15, 0.2) is 0 Å². The van der Waals surface area contributed by atoms with Crippen molar-refractivity contribution in [1.29, 1.82) is 0 Å². The van der Waals surface area contributed by atoms with Gasteiger partial charge in [0.05, 0.1) is 0 Å². The predicted octanol–water partition coefficient (Wildman–Crippen LogP) is 3.82. The number of Topliss-reactive ketones (excluding diaryl/α,β-unsaturated/α-hetero) is 1. The van der Waals surface area contributed by atoms with Gasteiger partial charge in [0, 0.05) is 12.8 Å². The largest absolute Gasteiger partial charge is 0.300 e. The second-order valence-corrected chi connectivity index (χ2v) is 6.82. The lowest BCUT2D eigenvalue weighted by Gasteiger charge is -2.26. The molecule has 3 aliphatic rings. The van der Waals surface area contributed by atoms with Gasteiger partial charge in [-0.1, -0.05) is 6.92 Å². The third kappa shape index (κ3) is 2.33. The first kappa shape index (κ1) is 10.8. The zero-order chi connectivity index (χ0) is 11.1. The molecule has 0 N–H and O–H groups in total. The Balaban J connectivity index is 1.53. The van der Waals surface area contributed by atoms with Crippen LogP contribution in [0.15, 0.2) is 0 Å². The van der Waals surface area contributed by atoms with E-state index in [1.807, 2.05) is 0 Å². The highest BCUT2D eigenvalue weighted by Gasteiger charge is 2.40. The van der Waals surface area contributed by atoms with Gasteiger partial charge in [0.2, 0.25) is 0 Å². The topological polar surface area (TPSA) is 17.1 Å². The lowest BCUT2D eigenvalue weighted by atomic mass is 9.80. The Morgan fingerprint density at radius 3 is 2.62 bits per heavy atom. The normalized spacial score (nSPS) is 42.3. The van der Waals surface area contributed by atoms with Crippen LogP contribution in [0.5, 0.6) is 0 Å². The molecule has 0 aromatic heterocycles. The molecule has 0 spiro atoms. The number of hydrogen-bond donors (Lipinski definition) is 0. The van der Waals surface area contributed by atoms with Crippen molar-refractivity contribution >= 4 is 5.78 Å². The van der Waals surface area contributed by atoms with Gasteiger partial charge >= 0.3 is 0 Å². The highest BCUT2D eigenvalue weighted by molar-refractivity contribution is 5.79. The summed E-state index contributed by atoms with van der Waals surface area (Å²) < 4.78 is 0. The highest BCUT2D eigenvalue weighted by Crippen LogP contribution is 2.49. The minimum atomic E-state index is 0.577. The van der Waals surface area contributed by atoms with Crippen LogP contribution in [0.4, 0.5) is 0 Å². The molecule has 0 aromatic carbocycles. The molecule has 4 atom stereocenters. The van der Waals surface area contributed by atoms with Gasteiger partial charge in [-0.15, -0.1) is 0 Å². The van der Waals surface area contributed by atoms with Crippen molar-refractivity contribution in [2.45, 2.75) is 58.3 Å². The van der Waals surface area contributed by atoms with E-state index in [1.54, 1.807) is 0 Å². The van der Waals surface area contributed by atoms with E-state index in [-0.39, 0.29) is 0 Å². The average Bonchev–Trinajstić information content (AvgIpc) is 2.95. The fraction of sp³-hybridized carbons (Fsp3) is 0.933. The third-order valence-corrected chi connectivity index (χ3v) is 5.08. The summed E-state index contributed by atoms with van der Waals surface area (Å²) in [5.74, 6) is 4.91. The molecule has 1 nitrogen and oxygen atoms in total. The SMILES string of the molecule is CC1CC2CC(CC(=O)CC3CC3)C(C1)C2. The Hall–Kier alpha value is -0.330. The van der Waals surface area contributed by atoms with Gasteiger partial charge < -0.3 is 0 Å². The Bertz CT molecular complexity index is 279. The van der Waals surface area contributed by atoms with E-state index in [1.165, 1.54) is 38.5 Å². The molecule has 0 aromatic rings. The summed E-state index contributed by atoms with van der Waals surface area (Å²) in [4.78, 5) is 11.9. The number of carbonyl (C=O) groups is 1. The van der Waals surface area contributed by atoms with E-state index in [4.69, 9.17) is 0 Å². The van der Waals surface area contributed by atoms with E-state index in [0.717, 1.165) is 42.4 Å². The van der Waals surface area contributed by atoms with E-state index < -0.39 is 0 Å². The van der Waals surface area contributed by atoms with Crippen molar-refractivity contribution in [1.82, 2.24) is 0 Å². The number of hydrogen-bond acceptors (Lipinski definition) is 1. The Kier molecular flexibility index (Phi) is 2.81. The summed E-state index contributed by atoms with van der Waals surface area (Å²) in [5.41, 5.74) is 0. The monoisotopic (exact) mass is 220 g/mol. The fourth-order valence-electron chi connectivity index (χ4n) is 4.27. The summed E-state index contributed by atoms with van der Waals surface area (Å²) in [6.45, 7) is 2.40. The second-order valence-electron chi connectivity index (χ2n) is 6.82. The van der Waals surface area contributed by atoms with Crippen molar-refractivity contribution < 1.29 is 4.79 Å². The molecule has 16 heavy (non-hydrogen) atoms. The number of ketones is 1. The standard InChI is InChI=1S/C15H24O/c1-10-4-12-6-13(5-10)14(7-12)9-15(16)8-11-2-3-11/h10-14H,2-9H2,1H3. The first-order valence-electron chi connectivity index (χ1n) is 7.22. The van der Waals surface area contributed by atoms with Crippen LogP contribution in [-0.4, -0.2) is 5.78 Å². The van der Waals surface area contributed by atoms with Crippen LogP contribution in [0.25, 0.3) is 0 Å². The Morgan fingerprint density at radius 1 is 1.06 bits per heavy atom. The van der Waals surface area contributed by atoms with E-state index in [9.17, 15) is 4.79 Å². The van der Waals surface area contributed by atoms with E-state index in [0.29, 0.717) is 5.78 Å². The highest BCUT2D eigenvalue weighted by atomic mass is 16.1. The summed E-state index contributed by atoms with van der Waals surface area (Å²) in [5, 5.41) is 0. The predicted molar refractivity (Wildman–Crippen MR) is 65.1 cm³/mol. The van der Waals surface area contributed by atoms with Gasteiger partial charge in [-0.05, 0) is 68.1 Å². The zero-order valence-electron chi connectivity index (χ0n) is 10.5. The van der Waals surface area contributed by atoms with Crippen LogP contribution in [0.2, 0.25) is 0 Å². The fourth-order valence-corrected chi connectivity index (χ4v) is 4.27. The van der Waals surface area contributed by atoms with E-state index in [2.05, 4.69) is 6.92 Å². The molecule has 90 valence electrons. The third-order valence-electron chi connectivity index (χ3n) is 5.08. The van der Waals surface area contributed by atoms with Crippen LogP contribution >= 0.6 is 0 Å². The molecule has 0 heterocycles. The maximum atomic E-state index is 11.9. The van der Waals surface area contributed by atoms with Crippen LogP contribution in [0.1, 0.15) is 58.3 Å². The molecule has 0 aliphatic heterocycles. The van der Waals surface area contributed by atoms with Crippen LogP contribution in [0.3, 0.4) is 0 Å². The first-order chi connectivity index (χ1) is 7.70. The van der Waals surface area contributed by atoms with Crippen molar-refractivity contribution in [3.8, 4) is 0 Å². The summed E-state index contributed by atoms with van der Waals surface area (Å²) >= 11 is 0. The van der Waals surface area contributed by atoms with Crippen molar-refractivity contribution in [2.75, 3.05) is 0 Å². The molecular formula is C15H24O. The number of fused-ring (bicyclic) bond motifs is 2. The Morgan fingerprint density at radius 2 is 1.88 bits per heavy atom. The molecule has 0 radical (unpaired) electrons. The van der Waals surface area contributed by atoms with Crippen molar-refractivity contribution in [3.63, 3.8) is 0 Å². The smallest absolute Gasteiger partial charge is 0.133 e. The molecule has 4 unspecified atom stereocenters. The quantitative estimate of drug-likeness (QED) is 0.704. The minimum Gasteiger partial charge on any atom is -0.300 e. The maximum Gasteiger partial charge on any atom is 0.133 e. The van der Waals surface area contributed by atoms with Crippen molar-refractivity contribution in [3.05, 3.63) is 0 Å². The van der Waals surface area contributed by atoms with Crippen LogP contribution < -0.4 is 0 Å². The molecule has 2 bridgehead atoms. The number of carbonyl (C=O) groups excluding carboxylic acids is 1. The van der Waals surface area contributed by atoms with Gasteiger partial charge in [0.25, 0.3) is 0 Å².